The van der Waals surface area contributed by atoms with Crippen LogP contribution in [0.3, 0.4) is 0 Å². The Labute approximate surface area is 129 Å². The lowest BCUT2D eigenvalue weighted by Crippen LogP contribution is -2.30. The molecular formula is C14H16Cl2N4. The second kappa shape index (κ2) is 6.77. The Morgan fingerprint density at radius 3 is 1.50 bits per heavy atom. The fourth-order valence-corrected chi connectivity index (χ4v) is 1.97. The van der Waals surface area contributed by atoms with E-state index in [1.807, 2.05) is 26.2 Å². The van der Waals surface area contributed by atoms with Crippen LogP contribution in [0.15, 0.2) is 36.7 Å². The van der Waals surface area contributed by atoms with E-state index in [9.17, 15) is 0 Å². The summed E-state index contributed by atoms with van der Waals surface area (Å²) in [6.07, 6.45) is 3.54. The molecular weight excluding hydrogens is 295 g/mol. The molecule has 0 N–H and O–H groups in total. The molecule has 6 heteroatoms. The first-order valence-corrected chi connectivity index (χ1v) is 6.97. The highest BCUT2D eigenvalue weighted by atomic mass is 35.5. The molecule has 2 heterocycles. The lowest BCUT2D eigenvalue weighted by molar-refractivity contribution is 0.829. The number of nitrogens with zero attached hydrogens (tertiary/aromatic N) is 4. The van der Waals surface area contributed by atoms with Gasteiger partial charge in [-0.25, -0.2) is 9.97 Å². The zero-order valence-electron chi connectivity index (χ0n) is 11.4. The van der Waals surface area contributed by atoms with Gasteiger partial charge in [0.1, 0.15) is 10.3 Å². The molecule has 0 bridgehead atoms. The number of anilines is 2. The molecule has 0 aromatic carbocycles. The van der Waals surface area contributed by atoms with Gasteiger partial charge in [-0.3, -0.25) is 0 Å². The molecule has 0 saturated heterocycles. The molecule has 0 atom stereocenters. The molecule has 0 aliphatic heterocycles. The Hall–Kier alpha value is -1.52. The Bertz CT molecular complexity index is 491. The van der Waals surface area contributed by atoms with E-state index >= 15 is 0 Å². The molecule has 0 aliphatic carbocycles. The third-order valence-electron chi connectivity index (χ3n) is 3.08. The van der Waals surface area contributed by atoms with Crippen molar-refractivity contribution in [3.63, 3.8) is 0 Å². The minimum atomic E-state index is 0.506. The zero-order valence-corrected chi connectivity index (χ0v) is 12.9. The first kappa shape index (κ1) is 14.9. The van der Waals surface area contributed by atoms with Gasteiger partial charge < -0.3 is 9.80 Å². The van der Waals surface area contributed by atoms with Crippen molar-refractivity contribution in [2.24, 2.45) is 0 Å². The van der Waals surface area contributed by atoms with E-state index in [4.69, 9.17) is 23.2 Å². The van der Waals surface area contributed by atoms with E-state index in [0.717, 1.165) is 24.5 Å². The van der Waals surface area contributed by atoms with Crippen LogP contribution in [0, 0.1) is 0 Å². The maximum Gasteiger partial charge on any atom is 0.129 e. The molecule has 4 nitrogen and oxygen atoms in total. The fourth-order valence-electron chi connectivity index (χ4n) is 1.75. The quantitative estimate of drug-likeness (QED) is 0.793. The molecule has 0 radical (unpaired) electrons. The Kier molecular flexibility index (Phi) is 5.04. The van der Waals surface area contributed by atoms with E-state index in [0.29, 0.717) is 10.3 Å². The smallest absolute Gasteiger partial charge is 0.129 e. The van der Waals surface area contributed by atoms with Crippen molar-refractivity contribution < 1.29 is 0 Å². The van der Waals surface area contributed by atoms with Gasteiger partial charge in [0.2, 0.25) is 0 Å². The average Bonchev–Trinajstić information content (AvgIpc) is 2.46. The largest absolute Gasteiger partial charge is 0.372 e. The van der Waals surface area contributed by atoms with Crippen LogP contribution in [0.4, 0.5) is 11.4 Å². The van der Waals surface area contributed by atoms with Gasteiger partial charge in [-0.1, -0.05) is 23.2 Å². The van der Waals surface area contributed by atoms with Crippen LogP contribution in [-0.2, 0) is 0 Å². The fraction of sp³-hybridized carbons (Fsp3) is 0.286. The van der Waals surface area contributed by atoms with Crippen molar-refractivity contribution in [3.8, 4) is 0 Å². The van der Waals surface area contributed by atoms with E-state index in [2.05, 4.69) is 19.8 Å². The molecule has 2 rings (SSSR count). The molecule has 0 unspecified atom stereocenters. The van der Waals surface area contributed by atoms with E-state index < -0.39 is 0 Å². The molecule has 0 aliphatic rings. The van der Waals surface area contributed by atoms with Crippen LogP contribution in [0.25, 0.3) is 0 Å². The first-order valence-electron chi connectivity index (χ1n) is 6.21. The Balaban J connectivity index is 1.91. The number of hydrogen-bond acceptors (Lipinski definition) is 4. The molecule has 0 saturated carbocycles. The van der Waals surface area contributed by atoms with Crippen molar-refractivity contribution in [2.45, 2.75) is 0 Å². The number of rotatable bonds is 5. The second-order valence-corrected chi connectivity index (χ2v) is 5.30. The highest BCUT2D eigenvalue weighted by Gasteiger charge is 2.05. The van der Waals surface area contributed by atoms with Gasteiger partial charge in [-0.15, -0.1) is 0 Å². The minimum absolute atomic E-state index is 0.506. The molecule has 0 spiro atoms. The summed E-state index contributed by atoms with van der Waals surface area (Å²) in [6, 6.07) is 7.50. The highest BCUT2D eigenvalue weighted by molar-refractivity contribution is 6.29. The van der Waals surface area contributed by atoms with Gasteiger partial charge >= 0.3 is 0 Å². The van der Waals surface area contributed by atoms with Gasteiger partial charge in [0, 0.05) is 27.2 Å². The number of aromatic nitrogens is 2. The summed E-state index contributed by atoms with van der Waals surface area (Å²) in [6.45, 7) is 1.73. The van der Waals surface area contributed by atoms with Crippen LogP contribution in [0.5, 0.6) is 0 Å². The first-order chi connectivity index (χ1) is 9.56. The highest BCUT2D eigenvalue weighted by Crippen LogP contribution is 2.16. The zero-order chi connectivity index (χ0) is 14.5. The van der Waals surface area contributed by atoms with Gasteiger partial charge in [-0.2, -0.15) is 0 Å². The number of halogens is 2. The maximum atomic E-state index is 5.78. The minimum Gasteiger partial charge on any atom is -0.372 e. The monoisotopic (exact) mass is 310 g/mol. The van der Waals surface area contributed by atoms with E-state index in [-0.39, 0.29) is 0 Å². The topological polar surface area (TPSA) is 32.3 Å². The molecule has 0 fully saturated rings. The van der Waals surface area contributed by atoms with Gasteiger partial charge in [0.05, 0.1) is 23.8 Å². The Morgan fingerprint density at radius 1 is 0.800 bits per heavy atom. The van der Waals surface area contributed by atoms with Crippen molar-refractivity contribution >= 4 is 34.6 Å². The summed E-state index contributed by atoms with van der Waals surface area (Å²) in [5, 5.41) is 1.01. The van der Waals surface area contributed by atoms with Crippen LogP contribution in [0.2, 0.25) is 10.3 Å². The maximum absolute atomic E-state index is 5.78. The summed E-state index contributed by atoms with van der Waals surface area (Å²) in [5.41, 5.74) is 2.08. The van der Waals surface area contributed by atoms with E-state index in [1.165, 1.54) is 0 Å². The molecule has 2 aromatic rings. The standard InChI is InChI=1S/C14H16Cl2N4/c1-19(11-3-5-13(15)17-9-11)7-8-20(2)12-4-6-14(16)18-10-12/h3-6,9-10H,7-8H2,1-2H3. The predicted molar refractivity (Wildman–Crippen MR) is 85.0 cm³/mol. The summed E-state index contributed by atoms with van der Waals surface area (Å²) in [5.74, 6) is 0. The van der Waals surface area contributed by atoms with Crippen molar-refractivity contribution in [2.75, 3.05) is 37.0 Å². The van der Waals surface area contributed by atoms with Crippen molar-refractivity contribution in [3.05, 3.63) is 47.0 Å². The SMILES string of the molecule is CN(CCN(C)c1ccc(Cl)nc1)c1ccc(Cl)nc1. The lowest BCUT2D eigenvalue weighted by atomic mass is 10.3. The molecule has 20 heavy (non-hydrogen) atoms. The summed E-state index contributed by atoms with van der Waals surface area (Å²) < 4.78 is 0. The van der Waals surface area contributed by atoms with Crippen LogP contribution in [0.1, 0.15) is 0 Å². The summed E-state index contributed by atoms with van der Waals surface area (Å²) in [7, 11) is 4.05. The van der Waals surface area contributed by atoms with Gasteiger partial charge in [-0.05, 0) is 24.3 Å². The van der Waals surface area contributed by atoms with Crippen molar-refractivity contribution in [1.82, 2.24) is 9.97 Å². The summed E-state index contributed by atoms with van der Waals surface area (Å²) in [4.78, 5) is 12.4. The number of hydrogen-bond donors (Lipinski definition) is 0. The molecule has 2 aromatic heterocycles. The third-order valence-corrected chi connectivity index (χ3v) is 3.52. The second-order valence-electron chi connectivity index (χ2n) is 4.52. The van der Waals surface area contributed by atoms with Crippen LogP contribution < -0.4 is 9.80 Å². The van der Waals surface area contributed by atoms with Crippen LogP contribution >= 0.6 is 23.2 Å². The van der Waals surface area contributed by atoms with E-state index in [1.54, 1.807) is 24.5 Å². The Morgan fingerprint density at radius 2 is 1.20 bits per heavy atom. The van der Waals surface area contributed by atoms with Crippen molar-refractivity contribution in [1.29, 1.82) is 0 Å². The predicted octanol–water partition coefficient (Wildman–Crippen LogP) is 3.36. The molecule has 106 valence electrons. The molecule has 0 amide bonds. The number of likely N-dealkylation sites (N-methyl/N-ethyl adjacent to an activating group) is 2. The number of pyridine rings is 2. The third kappa shape index (κ3) is 3.99. The lowest BCUT2D eigenvalue weighted by Gasteiger charge is -2.24. The average molecular weight is 311 g/mol. The van der Waals surface area contributed by atoms with Gasteiger partial charge in [0.15, 0.2) is 0 Å². The summed E-state index contributed by atoms with van der Waals surface area (Å²) >= 11 is 11.6. The van der Waals surface area contributed by atoms with Crippen LogP contribution in [-0.4, -0.2) is 37.2 Å². The normalized spacial score (nSPS) is 10.4. The van der Waals surface area contributed by atoms with Gasteiger partial charge in [0.25, 0.3) is 0 Å².